The SMILES string of the molecule is CCCCOCCCNC(=NC)NCCCc1nc(C)no1.I. The molecule has 0 unspecified atom stereocenters. The standard InChI is InChI=1S/C15H29N5O2.HI/c1-4-5-11-21-12-7-10-18-15(16-3)17-9-6-8-14-19-13(2)20-22-14;/h4-12H2,1-3H3,(H2,16,17,18);1H. The average molecular weight is 439 g/mol. The van der Waals surface area contributed by atoms with E-state index in [2.05, 4.69) is 32.7 Å². The molecular formula is C15H30IN5O2. The second kappa shape index (κ2) is 14.7. The van der Waals surface area contributed by atoms with Crippen LogP contribution < -0.4 is 10.6 Å². The van der Waals surface area contributed by atoms with E-state index in [0.29, 0.717) is 11.7 Å². The minimum Gasteiger partial charge on any atom is -0.381 e. The average Bonchev–Trinajstić information content (AvgIpc) is 2.94. The van der Waals surface area contributed by atoms with Crippen molar-refractivity contribution < 1.29 is 9.26 Å². The molecule has 0 aromatic carbocycles. The van der Waals surface area contributed by atoms with Gasteiger partial charge in [-0.25, -0.2) is 0 Å². The molecule has 8 heteroatoms. The van der Waals surface area contributed by atoms with Gasteiger partial charge in [0.05, 0.1) is 0 Å². The smallest absolute Gasteiger partial charge is 0.226 e. The van der Waals surface area contributed by atoms with Crippen LogP contribution in [-0.2, 0) is 11.2 Å². The maximum atomic E-state index is 5.52. The Morgan fingerprint density at radius 3 is 2.48 bits per heavy atom. The Kier molecular flexibility index (Phi) is 14.1. The van der Waals surface area contributed by atoms with E-state index in [1.165, 1.54) is 6.42 Å². The highest BCUT2D eigenvalue weighted by Crippen LogP contribution is 1.98. The second-order valence-electron chi connectivity index (χ2n) is 5.08. The van der Waals surface area contributed by atoms with Gasteiger partial charge in [0, 0.05) is 39.8 Å². The van der Waals surface area contributed by atoms with Crippen molar-refractivity contribution in [2.45, 2.75) is 46.0 Å². The first-order chi connectivity index (χ1) is 10.8. The molecule has 1 aromatic heterocycles. The van der Waals surface area contributed by atoms with Crippen LogP contribution in [-0.4, -0.2) is 49.5 Å². The number of hydrogen-bond donors (Lipinski definition) is 2. The quantitative estimate of drug-likeness (QED) is 0.238. The first kappa shape index (κ1) is 22.1. The zero-order chi connectivity index (χ0) is 16.0. The molecule has 23 heavy (non-hydrogen) atoms. The van der Waals surface area contributed by atoms with Crippen molar-refractivity contribution in [2.24, 2.45) is 4.99 Å². The summed E-state index contributed by atoms with van der Waals surface area (Å²) in [6.45, 7) is 7.31. The Hall–Kier alpha value is -0.900. The molecule has 0 aliphatic heterocycles. The Labute approximate surface area is 156 Å². The van der Waals surface area contributed by atoms with Crippen LogP contribution in [0.5, 0.6) is 0 Å². The Balaban J connectivity index is 0.00000484. The normalized spacial score (nSPS) is 11.2. The van der Waals surface area contributed by atoms with Gasteiger partial charge in [-0.3, -0.25) is 4.99 Å². The number of nitrogens with zero attached hydrogens (tertiary/aromatic N) is 3. The molecule has 1 aromatic rings. The van der Waals surface area contributed by atoms with Crippen LogP contribution in [0, 0.1) is 6.92 Å². The van der Waals surface area contributed by atoms with Crippen molar-refractivity contribution in [3.05, 3.63) is 11.7 Å². The van der Waals surface area contributed by atoms with Gasteiger partial charge < -0.3 is 19.9 Å². The minimum absolute atomic E-state index is 0. The highest BCUT2D eigenvalue weighted by Gasteiger charge is 2.02. The van der Waals surface area contributed by atoms with E-state index in [4.69, 9.17) is 9.26 Å². The maximum Gasteiger partial charge on any atom is 0.226 e. The van der Waals surface area contributed by atoms with Crippen molar-refractivity contribution in [3.63, 3.8) is 0 Å². The molecule has 2 N–H and O–H groups in total. The van der Waals surface area contributed by atoms with E-state index in [1.807, 2.05) is 6.92 Å². The van der Waals surface area contributed by atoms with Gasteiger partial charge in [0.2, 0.25) is 5.89 Å². The molecular weight excluding hydrogens is 409 g/mol. The number of unbranched alkanes of at least 4 members (excludes halogenated alkanes) is 1. The lowest BCUT2D eigenvalue weighted by atomic mass is 10.3. The van der Waals surface area contributed by atoms with Crippen molar-refractivity contribution in [3.8, 4) is 0 Å². The third kappa shape index (κ3) is 11.3. The highest BCUT2D eigenvalue weighted by molar-refractivity contribution is 14.0. The Bertz CT molecular complexity index is 426. The number of nitrogens with one attached hydrogen (secondary N) is 2. The molecule has 0 bridgehead atoms. The van der Waals surface area contributed by atoms with Crippen molar-refractivity contribution in [1.82, 2.24) is 20.8 Å². The lowest BCUT2D eigenvalue weighted by molar-refractivity contribution is 0.129. The van der Waals surface area contributed by atoms with Gasteiger partial charge >= 0.3 is 0 Å². The molecule has 0 aliphatic carbocycles. The molecule has 0 radical (unpaired) electrons. The molecule has 1 heterocycles. The first-order valence-electron chi connectivity index (χ1n) is 8.07. The Morgan fingerprint density at radius 1 is 1.17 bits per heavy atom. The number of rotatable bonds is 11. The number of aryl methyl sites for hydroxylation is 2. The summed E-state index contributed by atoms with van der Waals surface area (Å²) in [6.07, 6.45) is 4.98. The number of guanidine groups is 1. The first-order valence-corrected chi connectivity index (χ1v) is 8.07. The largest absolute Gasteiger partial charge is 0.381 e. The van der Waals surface area contributed by atoms with Gasteiger partial charge in [-0.2, -0.15) is 4.98 Å². The summed E-state index contributed by atoms with van der Waals surface area (Å²) in [7, 11) is 1.77. The fraction of sp³-hybridized carbons (Fsp3) is 0.800. The minimum atomic E-state index is 0. The lowest BCUT2D eigenvalue weighted by Gasteiger charge is -2.11. The van der Waals surface area contributed by atoms with E-state index in [-0.39, 0.29) is 24.0 Å². The van der Waals surface area contributed by atoms with Gasteiger partial charge in [-0.15, -0.1) is 24.0 Å². The van der Waals surface area contributed by atoms with Crippen LogP contribution >= 0.6 is 24.0 Å². The van der Waals surface area contributed by atoms with E-state index < -0.39 is 0 Å². The van der Waals surface area contributed by atoms with Gasteiger partial charge in [0.15, 0.2) is 11.8 Å². The summed E-state index contributed by atoms with van der Waals surface area (Å²) in [5, 5.41) is 10.3. The number of halogens is 1. The van der Waals surface area contributed by atoms with Crippen molar-refractivity contribution >= 4 is 29.9 Å². The summed E-state index contributed by atoms with van der Waals surface area (Å²) in [6, 6.07) is 0. The zero-order valence-electron chi connectivity index (χ0n) is 14.4. The molecule has 0 saturated heterocycles. The molecule has 7 nitrogen and oxygen atoms in total. The van der Waals surface area contributed by atoms with Crippen LogP contribution in [0.3, 0.4) is 0 Å². The fourth-order valence-corrected chi connectivity index (χ4v) is 1.84. The molecule has 0 amide bonds. The van der Waals surface area contributed by atoms with Crippen LogP contribution in [0.25, 0.3) is 0 Å². The van der Waals surface area contributed by atoms with E-state index in [0.717, 1.165) is 57.9 Å². The van der Waals surface area contributed by atoms with Gasteiger partial charge in [0.25, 0.3) is 0 Å². The van der Waals surface area contributed by atoms with Crippen LogP contribution in [0.1, 0.15) is 44.3 Å². The third-order valence-electron chi connectivity index (χ3n) is 3.05. The zero-order valence-corrected chi connectivity index (χ0v) is 16.8. The van der Waals surface area contributed by atoms with Crippen LogP contribution in [0.4, 0.5) is 0 Å². The summed E-state index contributed by atoms with van der Waals surface area (Å²) in [5.74, 6) is 2.18. The molecule has 0 fully saturated rings. The predicted molar refractivity (Wildman–Crippen MR) is 102 cm³/mol. The topological polar surface area (TPSA) is 84.6 Å². The number of ether oxygens (including phenoxy) is 1. The molecule has 134 valence electrons. The maximum absolute atomic E-state index is 5.52. The van der Waals surface area contributed by atoms with Gasteiger partial charge in [0.1, 0.15) is 0 Å². The van der Waals surface area contributed by atoms with E-state index in [1.54, 1.807) is 7.05 Å². The fourth-order valence-electron chi connectivity index (χ4n) is 1.84. The third-order valence-corrected chi connectivity index (χ3v) is 3.05. The van der Waals surface area contributed by atoms with Crippen molar-refractivity contribution in [2.75, 3.05) is 33.4 Å². The molecule has 0 atom stereocenters. The number of aromatic nitrogens is 2. The van der Waals surface area contributed by atoms with E-state index in [9.17, 15) is 0 Å². The lowest BCUT2D eigenvalue weighted by Crippen LogP contribution is -2.38. The number of aliphatic imine (C=N–C) groups is 1. The van der Waals surface area contributed by atoms with Gasteiger partial charge in [-0.1, -0.05) is 18.5 Å². The molecule has 0 spiro atoms. The molecule has 0 aliphatic rings. The predicted octanol–water partition coefficient (Wildman–Crippen LogP) is 2.30. The summed E-state index contributed by atoms with van der Waals surface area (Å²) < 4.78 is 10.6. The van der Waals surface area contributed by atoms with Crippen LogP contribution in [0.2, 0.25) is 0 Å². The monoisotopic (exact) mass is 439 g/mol. The molecule has 0 saturated carbocycles. The summed E-state index contributed by atoms with van der Waals surface area (Å²) >= 11 is 0. The van der Waals surface area contributed by atoms with Gasteiger partial charge in [-0.05, 0) is 26.2 Å². The highest BCUT2D eigenvalue weighted by atomic mass is 127. The summed E-state index contributed by atoms with van der Waals surface area (Å²) in [4.78, 5) is 8.36. The summed E-state index contributed by atoms with van der Waals surface area (Å²) in [5.41, 5.74) is 0. The number of hydrogen-bond acceptors (Lipinski definition) is 5. The van der Waals surface area contributed by atoms with Crippen molar-refractivity contribution in [1.29, 1.82) is 0 Å². The Morgan fingerprint density at radius 2 is 1.87 bits per heavy atom. The molecule has 1 rings (SSSR count). The van der Waals surface area contributed by atoms with E-state index >= 15 is 0 Å². The van der Waals surface area contributed by atoms with Crippen LogP contribution in [0.15, 0.2) is 9.52 Å². The second-order valence-corrected chi connectivity index (χ2v) is 5.08.